The molecule has 0 spiro atoms. The van der Waals surface area contributed by atoms with E-state index in [9.17, 15) is 15.3 Å². The molecule has 0 aromatic rings. The molecule has 4 aliphatic carbocycles. The number of hydrogen-bond donors (Lipinski definition) is 3. The third-order valence-corrected chi connectivity index (χ3v) is 8.64. The first-order chi connectivity index (χ1) is 11.4. The van der Waals surface area contributed by atoms with Gasteiger partial charge in [-0.3, -0.25) is 0 Å². The molecule has 24 heavy (non-hydrogen) atoms. The molecule has 4 aliphatic rings. The van der Waals surface area contributed by atoms with E-state index in [-0.39, 0.29) is 23.5 Å². The third kappa shape index (κ3) is 1.95. The minimum Gasteiger partial charge on any atom is -0.395 e. The Morgan fingerprint density at radius 3 is 2.67 bits per heavy atom. The first-order valence-corrected chi connectivity index (χ1v) is 9.74. The average molecular weight is 332 g/mol. The molecule has 0 unspecified atom stereocenters. The zero-order chi connectivity index (χ0) is 17.2. The summed E-state index contributed by atoms with van der Waals surface area (Å²) >= 11 is 0. The van der Waals surface area contributed by atoms with Crippen LogP contribution in [0.4, 0.5) is 0 Å². The Morgan fingerprint density at radius 2 is 1.96 bits per heavy atom. The van der Waals surface area contributed by atoms with Gasteiger partial charge in [-0.2, -0.15) is 0 Å². The summed E-state index contributed by atoms with van der Waals surface area (Å²) in [6.45, 7) is 6.40. The van der Waals surface area contributed by atoms with Gasteiger partial charge < -0.3 is 15.3 Å². The van der Waals surface area contributed by atoms with Gasteiger partial charge in [0.05, 0.1) is 18.3 Å². The Bertz CT molecular complexity index is 569. The van der Waals surface area contributed by atoms with Gasteiger partial charge in [0.2, 0.25) is 0 Å². The van der Waals surface area contributed by atoms with E-state index in [4.69, 9.17) is 0 Å². The van der Waals surface area contributed by atoms with E-state index in [2.05, 4.69) is 19.6 Å². The van der Waals surface area contributed by atoms with Gasteiger partial charge in [-0.25, -0.2) is 0 Å². The van der Waals surface area contributed by atoms with Crippen LogP contribution in [0.3, 0.4) is 0 Å². The minimum absolute atomic E-state index is 0.0773. The second kappa shape index (κ2) is 5.43. The van der Waals surface area contributed by atoms with Crippen LogP contribution in [0.15, 0.2) is 24.3 Å². The summed E-state index contributed by atoms with van der Waals surface area (Å²) in [4.78, 5) is 0. The second-order valence-electron chi connectivity index (χ2n) is 9.18. The van der Waals surface area contributed by atoms with Crippen molar-refractivity contribution in [3.05, 3.63) is 24.3 Å². The van der Waals surface area contributed by atoms with Gasteiger partial charge in [-0.05, 0) is 69.1 Å². The molecule has 3 saturated carbocycles. The van der Waals surface area contributed by atoms with Crippen molar-refractivity contribution in [1.82, 2.24) is 0 Å². The largest absolute Gasteiger partial charge is 0.395 e. The van der Waals surface area contributed by atoms with Crippen molar-refractivity contribution in [3.8, 4) is 0 Å². The number of allylic oxidation sites excluding steroid dienone is 1. The van der Waals surface area contributed by atoms with E-state index < -0.39 is 5.60 Å². The van der Waals surface area contributed by atoms with Crippen LogP contribution in [0.25, 0.3) is 0 Å². The van der Waals surface area contributed by atoms with Gasteiger partial charge in [0.15, 0.2) is 0 Å². The molecule has 0 radical (unpaired) electrons. The van der Waals surface area contributed by atoms with E-state index >= 15 is 0 Å². The number of hydrogen-bond acceptors (Lipinski definition) is 3. The molecule has 0 aliphatic heterocycles. The highest BCUT2D eigenvalue weighted by atomic mass is 16.3. The topological polar surface area (TPSA) is 60.7 Å². The van der Waals surface area contributed by atoms with Gasteiger partial charge >= 0.3 is 0 Å². The summed E-state index contributed by atoms with van der Waals surface area (Å²) in [6, 6.07) is 0. The van der Waals surface area contributed by atoms with Gasteiger partial charge in [-0.15, -0.1) is 6.58 Å². The molecule has 0 heterocycles. The van der Waals surface area contributed by atoms with Gasteiger partial charge in [-0.1, -0.05) is 24.6 Å². The standard InChI is InChI=1S/C21H32O3/c1-3-21(24)11-8-17-16-5-4-14-12-15(23)6-10-20(14,13-22)18(16)7-9-19(17,21)2/h3-4,15-18,22-24H,1,5-13H2,2H3/t15-,16-,17-,18-,19-,20+,21-/m0/s1. The van der Waals surface area contributed by atoms with Crippen molar-refractivity contribution in [1.29, 1.82) is 0 Å². The second-order valence-corrected chi connectivity index (χ2v) is 9.18. The maximum absolute atomic E-state index is 11.1. The fourth-order valence-corrected chi connectivity index (χ4v) is 7.12. The number of aliphatic hydroxyl groups is 3. The van der Waals surface area contributed by atoms with Crippen LogP contribution >= 0.6 is 0 Å². The molecule has 7 atom stereocenters. The molecule has 0 aromatic heterocycles. The van der Waals surface area contributed by atoms with Crippen molar-refractivity contribution in [2.45, 2.75) is 70.0 Å². The minimum atomic E-state index is -0.734. The van der Waals surface area contributed by atoms with Crippen LogP contribution in [0, 0.1) is 28.6 Å². The molecule has 4 rings (SSSR count). The monoisotopic (exact) mass is 332 g/mol. The van der Waals surface area contributed by atoms with Crippen LogP contribution in [-0.4, -0.2) is 33.6 Å². The molecule has 3 fully saturated rings. The fourth-order valence-electron chi connectivity index (χ4n) is 7.12. The summed E-state index contributed by atoms with van der Waals surface area (Å²) < 4.78 is 0. The lowest BCUT2D eigenvalue weighted by molar-refractivity contribution is -0.112. The van der Waals surface area contributed by atoms with Crippen LogP contribution < -0.4 is 0 Å². The van der Waals surface area contributed by atoms with Crippen LogP contribution in [0.5, 0.6) is 0 Å². The lowest BCUT2D eigenvalue weighted by Crippen LogP contribution is -2.55. The number of rotatable bonds is 2. The first-order valence-electron chi connectivity index (χ1n) is 9.74. The highest BCUT2D eigenvalue weighted by Crippen LogP contribution is 2.67. The SMILES string of the molecule is C=C[C@]1(O)CC[C@H]2[C@@H]3CC=C4C[C@@H](O)CC[C@]4(CO)[C@H]3CC[C@@]21C. The van der Waals surface area contributed by atoms with Crippen LogP contribution in [0.2, 0.25) is 0 Å². The summed E-state index contributed by atoms with van der Waals surface area (Å²) in [5.74, 6) is 1.55. The van der Waals surface area contributed by atoms with Gasteiger partial charge in [0, 0.05) is 10.8 Å². The van der Waals surface area contributed by atoms with Crippen molar-refractivity contribution in [2.75, 3.05) is 6.61 Å². The Morgan fingerprint density at radius 1 is 1.21 bits per heavy atom. The third-order valence-electron chi connectivity index (χ3n) is 8.64. The zero-order valence-corrected chi connectivity index (χ0v) is 14.9. The maximum atomic E-state index is 11.1. The lowest BCUT2D eigenvalue weighted by atomic mass is 9.46. The molecular weight excluding hydrogens is 300 g/mol. The highest BCUT2D eigenvalue weighted by Gasteiger charge is 2.63. The number of aliphatic hydroxyl groups excluding tert-OH is 2. The molecular formula is C21H32O3. The van der Waals surface area contributed by atoms with Crippen LogP contribution in [-0.2, 0) is 0 Å². The highest BCUT2D eigenvalue weighted by molar-refractivity contribution is 5.28. The quantitative estimate of drug-likeness (QED) is 0.681. The van der Waals surface area contributed by atoms with Crippen molar-refractivity contribution >= 4 is 0 Å². The Kier molecular flexibility index (Phi) is 3.80. The van der Waals surface area contributed by atoms with E-state index in [1.165, 1.54) is 5.57 Å². The van der Waals surface area contributed by atoms with E-state index in [0.717, 1.165) is 51.4 Å². The Labute approximate surface area is 145 Å². The normalized spacial score (nSPS) is 53.6. The van der Waals surface area contributed by atoms with Crippen molar-refractivity contribution in [2.24, 2.45) is 28.6 Å². The summed E-state index contributed by atoms with van der Waals surface area (Å²) in [5.41, 5.74) is 0.386. The average Bonchev–Trinajstić information content (AvgIpc) is 2.86. The molecule has 3 nitrogen and oxygen atoms in total. The molecule has 134 valence electrons. The molecule has 0 amide bonds. The van der Waals surface area contributed by atoms with E-state index in [1.54, 1.807) is 6.08 Å². The Balaban J connectivity index is 1.71. The molecule has 3 N–H and O–H groups in total. The lowest BCUT2D eigenvalue weighted by Gasteiger charge is -2.59. The predicted octanol–water partition coefficient (Wildman–Crippen LogP) is 3.20. The predicted molar refractivity (Wildman–Crippen MR) is 94.3 cm³/mol. The molecule has 0 aromatic carbocycles. The van der Waals surface area contributed by atoms with E-state index in [0.29, 0.717) is 17.8 Å². The molecule has 0 saturated heterocycles. The zero-order valence-electron chi connectivity index (χ0n) is 14.9. The fraction of sp³-hybridized carbons (Fsp3) is 0.810. The van der Waals surface area contributed by atoms with E-state index in [1.807, 2.05) is 0 Å². The van der Waals surface area contributed by atoms with Crippen LogP contribution in [0.1, 0.15) is 58.3 Å². The summed E-state index contributed by atoms with van der Waals surface area (Å²) in [7, 11) is 0. The van der Waals surface area contributed by atoms with Gasteiger partial charge in [0.1, 0.15) is 0 Å². The van der Waals surface area contributed by atoms with Gasteiger partial charge in [0.25, 0.3) is 0 Å². The maximum Gasteiger partial charge on any atom is 0.0881 e. The number of fused-ring (bicyclic) bond motifs is 5. The molecule has 0 bridgehead atoms. The first kappa shape index (κ1) is 16.8. The van der Waals surface area contributed by atoms with Crippen molar-refractivity contribution < 1.29 is 15.3 Å². The van der Waals surface area contributed by atoms with Crippen molar-refractivity contribution in [3.63, 3.8) is 0 Å². The summed E-state index contributed by atoms with van der Waals surface area (Å²) in [5, 5.41) is 31.6. The Hall–Kier alpha value is -0.640. The smallest absolute Gasteiger partial charge is 0.0881 e. The summed E-state index contributed by atoms with van der Waals surface area (Å²) in [6.07, 6.45) is 11.3. The molecule has 3 heteroatoms.